The normalized spacial score (nSPS) is 11.4. The number of rotatable bonds is 4. The number of aliphatic carboxylic acids is 1. The lowest BCUT2D eigenvalue weighted by Gasteiger charge is -2.18. The quantitative estimate of drug-likeness (QED) is 0.800. The zero-order valence-electron chi connectivity index (χ0n) is 10.4. The molecule has 98 valence electrons. The summed E-state index contributed by atoms with van der Waals surface area (Å²) in [7, 11) is 0. The van der Waals surface area contributed by atoms with E-state index in [0.29, 0.717) is 10.0 Å². The van der Waals surface area contributed by atoms with Crippen LogP contribution < -0.4 is 0 Å². The Morgan fingerprint density at radius 1 is 1.22 bits per heavy atom. The molecule has 0 spiro atoms. The number of carbonyl (C=O) groups excluding carboxylic acids is 1. The maximum absolute atomic E-state index is 12.1. The minimum Gasteiger partial charge on any atom is -0.481 e. The van der Waals surface area contributed by atoms with Gasteiger partial charge in [-0.3, -0.25) is 9.59 Å². The first-order chi connectivity index (χ1) is 8.15. The van der Waals surface area contributed by atoms with E-state index in [2.05, 4.69) is 31.9 Å². The molecule has 1 aromatic carbocycles. The van der Waals surface area contributed by atoms with Gasteiger partial charge in [-0.05, 0) is 38.5 Å². The SMILES string of the molecule is Cc1cc(Br)c(C(=O)CC(C)(C)C(=O)O)cc1Br. The third kappa shape index (κ3) is 3.42. The van der Waals surface area contributed by atoms with Crippen LogP contribution in [0, 0.1) is 12.3 Å². The molecular weight excluding hydrogens is 364 g/mol. The molecule has 0 radical (unpaired) electrons. The van der Waals surface area contributed by atoms with Crippen molar-refractivity contribution >= 4 is 43.6 Å². The fourth-order valence-corrected chi connectivity index (χ4v) is 2.45. The van der Waals surface area contributed by atoms with Gasteiger partial charge in [0.1, 0.15) is 0 Å². The molecule has 0 heterocycles. The lowest BCUT2D eigenvalue weighted by Crippen LogP contribution is -2.27. The molecule has 0 aliphatic rings. The highest BCUT2D eigenvalue weighted by atomic mass is 79.9. The number of halogens is 2. The average Bonchev–Trinajstić information content (AvgIpc) is 2.22. The van der Waals surface area contributed by atoms with Gasteiger partial charge in [0.05, 0.1) is 5.41 Å². The molecule has 0 aliphatic carbocycles. The molecule has 1 rings (SSSR count). The summed E-state index contributed by atoms with van der Waals surface area (Å²) < 4.78 is 1.52. The van der Waals surface area contributed by atoms with Gasteiger partial charge in [0.15, 0.2) is 5.78 Å². The second-order valence-electron chi connectivity index (χ2n) is 4.87. The number of aryl methyl sites for hydroxylation is 1. The Morgan fingerprint density at radius 2 is 1.78 bits per heavy atom. The number of carboxylic acids is 1. The number of carboxylic acid groups (broad SMARTS) is 1. The number of Topliss-reactive ketones (excluding diaryl/α,β-unsaturated/α-hetero) is 1. The van der Waals surface area contributed by atoms with Crippen LogP contribution >= 0.6 is 31.9 Å². The van der Waals surface area contributed by atoms with Crippen molar-refractivity contribution in [3.8, 4) is 0 Å². The molecule has 0 saturated carbocycles. The van der Waals surface area contributed by atoms with Gasteiger partial charge >= 0.3 is 5.97 Å². The molecule has 18 heavy (non-hydrogen) atoms. The molecule has 5 heteroatoms. The molecule has 0 aliphatic heterocycles. The van der Waals surface area contributed by atoms with Crippen molar-refractivity contribution in [1.29, 1.82) is 0 Å². The topological polar surface area (TPSA) is 54.4 Å². The van der Waals surface area contributed by atoms with Crippen molar-refractivity contribution in [2.45, 2.75) is 27.2 Å². The van der Waals surface area contributed by atoms with E-state index in [1.807, 2.05) is 13.0 Å². The van der Waals surface area contributed by atoms with Crippen molar-refractivity contribution < 1.29 is 14.7 Å². The zero-order chi connectivity index (χ0) is 14.1. The van der Waals surface area contributed by atoms with E-state index in [-0.39, 0.29) is 12.2 Å². The van der Waals surface area contributed by atoms with Gasteiger partial charge in [-0.2, -0.15) is 0 Å². The summed E-state index contributed by atoms with van der Waals surface area (Å²) >= 11 is 6.71. The third-order valence-electron chi connectivity index (χ3n) is 2.73. The van der Waals surface area contributed by atoms with Crippen LogP contribution in [0.4, 0.5) is 0 Å². The standard InChI is InChI=1S/C13H14Br2O3/c1-7-4-10(15)8(5-9(7)14)11(16)6-13(2,3)12(17)18/h4-5H,6H2,1-3H3,(H,17,18). The van der Waals surface area contributed by atoms with E-state index >= 15 is 0 Å². The van der Waals surface area contributed by atoms with Crippen molar-refractivity contribution in [2.75, 3.05) is 0 Å². The van der Waals surface area contributed by atoms with E-state index < -0.39 is 11.4 Å². The van der Waals surface area contributed by atoms with E-state index in [0.717, 1.165) is 10.0 Å². The number of ketones is 1. The van der Waals surface area contributed by atoms with Crippen molar-refractivity contribution in [2.24, 2.45) is 5.41 Å². The average molecular weight is 378 g/mol. The van der Waals surface area contributed by atoms with Crippen LogP contribution in [0.25, 0.3) is 0 Å². The summed E-state index contributed by atoms with van der Waals surface area (Å²) in [5, 5.41) is 9.03. The second kappa shape index (κ2) is 5.53. The van der Waals surface area contributed by atoms with Crippen molar-refractivity contribution in [3.63, 3.8) is 0 Å². The van der Waals surface area contributed by atoms with Crippen molar-refractivity contribution in [1.82, 2.24) is 0 Å². The van der Waals surface area contributed by atoms with E-state index in [1.165, 1.54) is 0 Å². The fraction of sp³-hybridized carbons (Fsp3) is 0.385. The summed E-state index contributed by atoms with van der Waals surface area (Å²) in [5.74, 6) is -1.16. The van der Waals surface area contributed by atoms with Crippen LogP contribution in [0.3, 0.4) is 0 Å². The molecule has 1 aromatic rings. The first-order valence-corrected chi connectivity index (χ1v) is 6.96. The van der Waals surface area contributed by atoms with Gasteiger partial charge in [0, 0.05) is 20.9 Å². The molecular formula is C13H14Br2O3. The van der Waals surface area contributed by atoms with Crippen molar-refractivity contribution in [3.05, 3.63) is 32.2 Å². The predicted octanol–water partition coefficient (Wildman–Crippen LogP) is 4.20. The monoisotopic (exact) mass is 376 g/mol. The fourth-order valence-electron chi connectivity index (χ4n) is 1.43. The molecule has 3 nitrogen and oxygen atoms in total. The first kappa shape index (κ1) is 15.4. The van der Waals surface area contributed by atoms with Crippen LogP contribution in [-0.2, 0) is 4.79 Å². The molecule has 0 saturated heterocycles. The van der Waals surface area contributed by atoms with E-state index in [9.17, 15) is 9.59 Å². The number of hydrogen-bond acceptors (Lipinski definition) is 2. The Bertz CT molecular complexity index is 507. The Balaban J connectivity index is 3.06. The molecule has 0 bridgehead atoms. The highest BCUT2D eigenvalue weighted by Crippen LogP contribution is 2.30. The van der Waals surface area contributed by atoms with Gasteiger partial charge in [-0.15, -0.1) is 0 Å². The summed E-state index contributed by atoms with van der Waals surface area (Å²) in [6, 6.07) is 3.56. The summed E-state index contributed by atoms with van der Waals surface area (Å²) in [6.07, 6.45) is -0.0313. The largest absolute Gasteiger partial charge is 0.481 e. The first-order valence-electron chi connectivity index (χ1n) is 5.37. The molecule has 0 unspecified atom stereocenters. The summed E-state index contributed by atoms with van der Waals surface area (Å²) in [6.45, 7) is 5.01. The third-order valence-corrected chi connectivity index (χ3v) is 4.24. The Kier molecular flexibility index (Phi) is 4.72. The maximum atomic E-state index is 12.1. The number of benzene rings is 1. The summed E-state index contributed by atoms with van der Waals surface area (Å²) in [4.78, 5) is 23.2. The van der Waals surface area contributed by atoms with Crippen LogP contribution in [-0.4, -0.2) is 16.9 Å². The minimum atomic E-state index is -1.06. The lowest BCUT2D eigenvalue weighted by molar-refractivity contribution is -0.146. The Morgan fingerprint density at radius 3 is 2.28 bits per heavy atom. The van der Waals surface area contributed by atoms with Crippen LogP contribution in [0.1, 0.15) is 36.2 Å². The van der Waals surface area contributed by atoms with Gasteiger partial charge in [-0.1, -0.05) is 31.9 Å². The minimum absolute atomic E-state index is 0.0313. The molecule has 0 amide bonds. The second-order valence-corrected chi connectivity index (χ2v) is 6.58. The van der Waals surface area contributed by atoms with Gasteiger partial charge in [0.25, 0.3) is 0 Å². The highest BCUT2D eigenvalue weighted by Gasteiger charge is 2.31. The number of carbonyl (C=O) groups is 2. The van der Waals surface area contributed by atoms with E-state index in [1.54, 1.807) is 19.9 Å². The van der Waals surface area contributed by atoms with Gasteiger partial charge in [0.2, 0.25) is 0 Å². The molecule has 0 fully saturated rings. The van der Waals surface area contributed by atoms with Crippen LogP contribution in [0.5, 0.6) is 0 Å². The van der Waals surface area contributed by atoms with Gasteiger partial charge < -0.3 is 5.11 Å². The number of hydrogen-bond donors (Lipinski definition) is 1. The molecule has 0 aromatic heterocycles. The smallest absolute Gasteiger partial charge is 0.309 e. The zero-order valence-corrected chi connectivity index (χ0v) is 13.6. The maximum Gasteiger partial charge on any atom is 0.309 e. The highest BCUT2D eigenvalue weighted by molar-refractivity contribution is 9.11. The van der Waals surface area contributed by atoms with Gasteiger partial charge in [-0.25, -0.2) is 0 Å². The van der Waals surface area contributed by atoms with E-state index in [4.69, 9.17) is 5.11 Å². The lowest BCUT2D eigenvalue weighted by atomic mass is 9.85. The Hall–Kier alpha value is -0.680. The predicted molar refractivity (Wildman–Crippen MR) is 76.9 cm³/mol. The van der Waals surface area contributed by atoms with Crippen LogP contribution in [0.15, 0.2) is 21.1 Å². The molecule has 0 atom stereocenters. The summed E-state index contributed by atoms with van der Waals surface area (Å²) in [5.41, 5.74) is 0.450. The Labute approximate surface area is 123 Å². The van der Waals surface area contributed by atoms with Crippen LogP contribution in [0.2, 0.25) is 0 Å². The molecule has 1 N–H and O–H groups in total.